The lowest BCUT2D eigenvalue weighted by atomic mass is 10.3. The van der Waals surface area contributed by atoms with E-state index in [2.05, 4.69) is 9.97 Å². The van der Waals surface area contributed by atoms with Crippen molar-refractivity contribution < 1.29 is 14.6 Å². The molecule has 25 heavy (non-hydrogen) atoms. The highest BCUT2D eigenvalue weighted by molar-refractivity contribution is 6.32. The Bertz CT molecular complexity index is 590. The maximum absolute atomic E-state index is 8.64. The standard InChI is InChI=1S/C8H9Cl2NO2.C6H5Cl2NO.2CH4/c1-12-5-13-4-6-2-7(9)11-8(10)3-6;7-5-1-4(3-10)2-6(8)9-5;;/h2-3H,4-5H2,1H3;1-2,10H,3H2;2*1H4. The first kappa shape index (κ1) is 26.6. The minimum atomic E-state index is -0.0675. The van der Waals surface area contributed by atoms with Gasteiger partial charge in [0, 0.05) is 7.11 Å². The summed E-state index contributed by atoms with van der Waals surface area (Å²) >= 11 is 22.4. The molecule has 2 heterocycles. The van der Waals surface area contributed by atoms with Gasteiger partial charge in [0.1, 0.15) is 27.4 Å². The Labute approximate surface area is 168 Å². The molecule has 0 aliphatic carbocycles. The van der Waals surface area contributed by atoms with Crippen molar-refractivity contribution in [2.24, 2.45) is 0 Å². The number of methoxy groups -OCH3 is 1. The first-order valence-corrected chi connectivity index (χ1v) is 7.77. The van der Waals surface area contributed by atoms with Crippen LogP contribution in [0.4, 0.5) is 0 Å². The number of aliphatic hydroxyl groups is 1. The molecular formula is C16H22Cl4N2O3. The lowest BCUT2D eigenvalue weighted by molar-refractivity contribution is -0.0390. The summed E-state index contributed by atoms with van der Waals surface area (Å²) in [4.78, 5) is 7.51. The van der Waals surface area contributed by atoms with E-state index in [1.165, 1.54) is 0 Å². The zero-order valence-electron chi connectivity index (χ0n) is 12.1. The van der Waals surface area contributed by atoms with Crippen LogP contribution in [-0.2, 0) is 22.7 Å². The first-order chi connectivity index (χ1) is 10.9. The van der Waals surface area contributed by atoms with E-state index >= 15 is 0 Å². The van der Waals surface area contributed by atoms with Gasteiger partial charge in [0.25, 0.3) is 0 Å². The fourth-order valence-electron chi connectivity index (χ4n) is 1.45. The van der Waals surface area contributed by atoms with Gasteiger partial charge in [-0.25, -0.2) is 9.97 Å². The van der Waals surface area contributed by atoms with Crippen LogP contribution in [-0.4, -0.2) is 29.0 Å². The minimum Gasteiger partial charge on any atom is -0.392 e. The maximum atomic E-state index is 8.64. The summed E-state index contributed by atoms with van der Waals surface area (Å²) in [6, 6.07) is 6.52. The lowest BCUT2D eigenvalue weighted by Gasteiger charge is -2.03. The molecule has 5 nitrogen and oxygen atoms in total. The Balaban J connectivity index is 0. The van der Waals surface area contributed by atoms with E-state index in [9.17, 15) is 0 Å². The van der Waals surface area contributed by atoms with Gasteiger partial charge < -0.3 is 14.6 Å². The van der Waals surface area contributed by atoms with Crippen LogP contribution in [0.5, 0.6) is 0 Å². The number of aliphatic hydroxyl groups excluding tert-OH is 1. The second-order valence-corrected chi connectivity index (χ2v) is 5.70. The van der Waals surface area contributed by atoms with Gasteiger partial charge in [-0.1, -0.05) is 61.3 Å². The molecule has 142 valence electrons. The van der Waals surface area contributed by atoms with Gasteiger partial charge in [0.15, 0.2) is 0 Å². The summed E-state index contributed by atoms with van der Waals surface area (Å²) in [6.45, 7) is 0.593. The average molecular weight is 432 g/mol. The van der Waals surface area contributed by atoms with Gasteiger partial charge in [-0.2, -0.15) is 0 Å². The zero-order valence-corrected chi connectivity index (χ0v) is 15.1. The van der Waals surface area contributed by atoms with Crippen LogP contribution in [0.3, 0.4) is 0 Å². The molecule has 0 saturated carbocycles. The lowest BCUT2D eigenvalue weighted by Crippen LogP contribution is -1.97. The van der Waals surface area contributed by atoms with Crippen molar-refractivity contribution in [2.75, 3.05) is 13.9 Å². The number of hydrogen-bond acceptors (Lipinski definition) is 5. The molecule has 0 bridgehead atoms. The molecule has 0 amide bonds. The molecule has 9 heteroatoms. The number of aromatic nitrogens is 2. The van der Waals surface area contributed by atoms with Crippen LogP contribution in [0.1, 0.15) is 26.0 Å². The topological polar surface area (TPSA) is 64.5 Å². The predicted molar refractivity (Wildman–Crippen MR) is 105 cm³/mol. The van der Waals surface area contributed by atoms with Crippen molar-refractivity contribution in [3.63, 3.8) is 0 Å². The van der Waals surface area contributed by atoms with Gasteiger partial charge in [0.05, 0.1) is 13.2 Å². The number of halogens is 4. The molecule has 2 rings (SSSR count). The number of nitrogens with zero attached hydrogens (tertiary/aromatic N) is 2. The van der Waals surface area contributed by atoms with E-state index < -0.39 is 0 Å². The molecule has 0 saturated heterocycles. The van der Waals surface area contributed by atoms with Crippen molar-refractivity contribution in [3.05, 3.63) is 56.0 Å². The Morgan fingerprint density at radius 3 is 1.60 bits per heavy atom. The molecule has 0 fully saturated rings. The highest BCUT2D eigenvalue weighted by atomic mass is 35.5. The molecule has 0 aliphatic rings. The van der Waals surface area contributed by atoms with Crippen LogP contribution in [0.2, 0.25) is 20.6 Å². The highest BCUT2D eigenvalue weighted by Gasteiger charge is 1.99. The fraction of sp³-hybridized carbons (Fsp3) is 0.375. The summed E-state index contributed by atoms with van der Waals surface area (Å²) in [7, 11) is 1.56. The summed E-state index contributed by atoms with van der Waals surface area (Å²) in [5.74, 6) is 0. The van der Waals surface area contributed by atoms with Gasteiger partial charge in [-0.15, -0.1) is 0 Å². The van der Waals surface area contributed by atoms with Gasteiger partial charge in [-0.3, -0.25) is 0 Å². The van der Waals surface area contributed by atoms with Gasteiger partial charge in [-0.05, 0) is 35.4 Å². The second-order valence-electron chi connectivity index (χ2n) is 4.15. The smallest absolute Gasteiger partial charge is 0.146 e. The average Bonchev–Trinajstić information content (AvgIpc) is 2.46. The Hall–Kier alpha value is -0.660. The zero-order chi connectivity index (χ0) is 17.2. The van der Waals surface area contributed by atoms with Crippen LogP contribution < -0.4 is 0 Å². The Morgan fingerprint density at radius 1 is 0.840 bits per heavy atom. The third kappa shape index (κ3) is 11.5. The number of rotatable bonds is 5. The molecule has 2 aromatic heterocycles. The number of hydrogen-bond donors (Lipinski definition) is 1. The quantitative estimate of drug-likeness (QED) is 0.375. The van der Waals surface area contributed by atoms with Crippen molar-refractivity contribution in [2.45, 2.75) is 28.1 Å². The first-order valence-electron chi connectivity index (χ1n) is 6.26. The summed E-state index contributed by atoms with van der Waals surface area (Å²) in [5.41, 5.74) is 1.55. The highest BCUT2D eigenvalue weighted by Crippen LogP contribution is 2.15. The van der Waals surface area contributed by atoms with E-state index in [0.29, 0.717) is 32.8 Å². The monoisotopic (exact) mass is 430 g/mol. The predicted octanol–water partition coefficient (Wildman–Crippen LogP) is 5.66. The second kappa shape index (κ2) is 14.5. The molecule has 0 atom stereocenters. The van der Waals surface area contributed by atoms with Crippen molar-refractivity contribution in [1.82, 2.24) is 9.97 Å². The van der Waals surface area contributed by atoms with E-state index in [-0.39, 0.29) is 28.3 Å². The molecule has 2 aromatic rings. The van der Waals surface area contributed by atoms with E-state index in [1.807, 2.05) is 0 Å². The van der Waals surface area contributed by atoms with E-state index in [1.54, 1.807) is 31.4 Å². The number of ether oxygens (including phenoxy) is 2. The third-order valence-corrected chi connectivity index (χ3v) is 3.07. The molecule has 0 aliphatic heterocycles. The molecule has 0 spiro atoms. The van der Waals surface area contributed by atoms with Crippen LogP contribution in [0.15, 0.2) is 24.3 Å². The van der Waals surface area contributed by atoms with Crippen LogP contribution in [0, 0.1) is 0 Å². The third-order valence-electron chi connectivity index (χ3n) is 2.30. The van der Waals surface area contributed by atoms with Crippen molar-refractivity contribution >= 4 is 46.4 Å². The summed E-state index contributed by atoms with van der Waals surface area (Å²) in [6.07, 6.45) is 0. The van der Waals surface area contributed by atoms with Gasteiger partial charge in [0.2, 0.25) is 0 Å². The molecule has 0 aromatic carbocycles. The SMILES string of the molecule is C.C.COCOCc1cc(Cl)nc(Cl)c1.OCc1cc(Cl)nc(Cl)c1. The van der Waals surface area contributed by atoms with Gasteiger partial charge >= 0.3 is 0 Å². The van der Waals surface area contributed by atoms with Crippen molar-refractivity contribution in [1.29, 1.82) is 0 Å². The minimum absolute atomic E-state index is 0. The fourth-order valence-corrected chi connectivity index (χ4v) is 2.46. The summed E-state index contributed by atoms with van der Waals surface area (Å²) < 4.78 is 9.83. The van der Waals surface area contributed by atoms with E-state index in [0.717, 1.165) is 5.56 Å². The molecular weight excluding hydrogens is 410 g/mol. The van der Waals surface area contributed by atoms with Crippen molar-refractivity contribution in [3.8, 4) is 0 Å². The summed E-state index contributed by atoms with van der Waals surface area (Å²) in [5, 5.41) is 9.97. The molecule has 1 N–H and O–H groups in total. The number of pyridine rings is 2. The van der Waals surface area contributed by atoms with Crippen LogP contribution in [0.25, 0.3) is 0 Å². The normalized spacial score (nSPS) is 9.36. The van der Waals surface area contributed by atoms with Crippen LogP contribution >= 0.6 is 46.4 Å². The Morgan fingerprint density at radius 2 is 1.24 bits per heavy atom. The molecule has 0 unspecified atom stereocenters. The Kier molecular flexibility index (Phi) is 15.4. The molecule has 0 radical (unpaired) electrons. The largest absolute Gasteiger partial charge is 0.392 e. The van der Waals surface area contributed by atoms with E-state index in [4.69, 9.17) is 61.0 Å². The maximum Gasteiger partial charge on any atom is 0.146 e.